The Morgan fingerprint density at radius 2 is 1.61 bits per heavy atom. The van der Waals surface area contributed by atoms with Gasteiger partial charge in [-0.2, -0.15) is 0 Å². The fourth-order valence-electron chi connectivity index (χ4n) is 4.63. The van der Waals surface area contributed by atoms with Gasteiger partial charge in [-0.1, -0.05) is 64.1 Å². The second-order valence-electron chi connectivity index (χ2n) is 8.13. The molecule has 141 valence electrons. The van der Waals surface area contributed by atoms with E-state index in [4.69, 9.17) is 4.98 Å². The van der Waals surface area contributed by atoms with Gasteiger partial charge >= 0.3 is 0 Å². The summed E-state index contributed by atoms with van der Waals surface area (Å²) in [6.07, 6.45) is 1.94. The molecule has 2 heteroatoms. The van der Waals surface area contributed by atoms with E-state index in [1.54, 1.807) is 0 Å². The largest absolute Gasteiger partial charge is 0.304 e. The molecule has 3 aromatic carbocycles. The second kappa shape index (κ2) is 6.65. The molecule has 0 spiro atoms. The molecule has 1 nitrogen and oxygen atoms in total. The maximum atomic E-state index is 4.82. The van der Waals surface area contributed by atoms with E-state index in [0.29, 0.717) is 0 Å². The molecule has 0 amide bonds. The van der Waals surface area contributed by atoms with Crippen molar-refractivity contribution in [2.75, 3.05) is 0 Å². The van der Waals surface area contributed by atoms with E-state index in [9.17, 15) is 0 Å². The first-order valence-corrected chi connectivity index (χ1v) is 9.50. The van der Waals surface area contributed by atoms with Gasteiger partial charge in [0.15, 0.2) is 0 Å². The van der Waals surface area contributed by atoms with Gasteiger partial charge < -0.3 is 4.98 Å². The van der Waals surface area contributed by atoms with E-state index >= 15 is 0 Å². The molecule has 1 aromatic heterocycles. The van der Waals surface area contributed by atoms with Crippen LogP contribution in [0.4, 0.5) is 0 Å². The molecule has 0 saturated carbocycles. The van der Waals surface area contributed by atoms with Crippen molar-refractivity contribution in [1.29, 1.82) is 0 Å². The van der Waals surface area contributed by atoms with Gasteiger partial charge in [0.2, 0.25) is 0 Å². The van der Waals surface area contributed by atoms with Crippen LogP contribution in [0.25, 0.3) is 33.2 Å². The third-order valence-electron chi connectivity index (χ3n) is 6.10. The summed E-state index contributed by atoms with van der Waals surface area (Å²) in [4.78, 5) is 4.82. The van der Waals surface area contributed by atoms with Crippen molar-refractivity contribution in [3.05, 3.63) is 89.1 Å². The number of pyridine rings is 1. The van der Waals surface area contributed by atoms with Crippen LogP contribution < -0.4 is 0 Å². The van der Waals surface area contributed by atoms with E-state index in [1.807, 2.05) is 6.20 Å². The van der Waals surface area contributed by atoms with Crippen molar-refractivity contribution < 1.29 is 20.1 Å². The van der Waals surface area contributed by atoms with Crippen LogP contribution in [0.15, 0.2) is 60.8 Å². The number of nitrogens with zero attached hydrogens (tertiary/aromatic N) is 1. The van der Waals surface area contributed by atoms with Gasteiger partial charge in [-0.25, -0.2) is 0 Å². The minimum atomic E-state index is -0.109. The molecule has 0 fully saturated rings. The monoisotopic (exact) mass is 541 g/mol. The van der Waals surface area contributed by atoms with Crippen molar-refractivity contribution >= 4 is 10.8 Å². The minimum Gasteiger partial charge on any atom is -0.304 e. The van der Waals surface area contributed by atoms with E-state index in [1.165, 1.54) is 44.2 Å². The maximum Gasteiger partial charge on any atom is 0.0167 e. The zero-order chi connectivity index (χ0) is 18.8. The number of aromatic nitrogens is 1. The summed E-state index contributed by atoms with van der Waals surface area (Å²) in [6, 6.07) is 23.1. The Hall–Kier alpha value is -2.28. The molecular weight excluding hydrogens is 519 g/mol. The number of hydrogen-bond donors (Lipinski definition) is 0. The van der Waals surface area contributed by atoms with Gasteiger partial charge in [0, 0.05) is 31.7 Å². The molecule has 0 bridgehead atoms. The molecule has 0 atom stereocenters. The first-order chi connectivity index (χ1) is 13.0. The van der Waals surface area contributed by atoms with Crippen LogP contribution in [0.5, 0.6) is 0 Å². The van der Waals surface area contributed by atoms with Crippen LogP contribution in [-0.2, 0) is 25.5 Å². The van der Waals surface area contributed by atoms with Gasteiger partial charge in [0.1, 0.15) is 0 Å². The molecule has 1 heterocycles. The number of hydrogen-bond acceptors (Lipinski definition) is 1. The molecule has 4 aromatic rings. The first-order valence-electron chi connectivity index (χ1n) is 9.50. The van der Waals surface area contributed by atoms with Crippen molar-refractivity contribution in [2.24, 2.45) is 0 Å². The Morgan fingerprint density at radius 1 is 0.857 bits per heavy atom. The van der Waals surface area contributed by atoms with Crippen LogP contribution in [0.3, 0.4) is 0 Å². The third kappa shape index (κ3) is 2.59. The molecule has 1 aliphatic carbocycles. The summed E-state index contributed by atoms with van der Waals surface area (Å²) in [6.45, 7) is 8.94. The smallest absolute Gasteiger partial charge is 0.0167 e. The molecular formula is C26H22IrN-. The SMILES string of the molecule is Cc1c[c-]c(-c2nccc3c2C(C)(C)c2c-3ccc3ccccc23)cc1C.[Ir]. The summed E-state index contributed by atoms with van der Waals surface area (Å²) < 4.78 is 0. The predicted octanol–water partition coefficient (Wildman–Crippen LogP) is 6.62. The molecule has 0 unspecified atom stereocenters. The molecule has 0 saturated heterocycles. The van der Waals surface area contributed by atoms with E-state index in [-0.39, 0.29) is 25.5 Å². The Balaban J connectivity index is 0.00000192. The summed E-state index contributed by atoms with van der Waals surface area (Å²) in [5.41, 5.74) is 9.94. The molecule has 0 N–H and O–H groups in total. The number of rotatable bonds is 1. The summed E-state index contributed by atoms with van der Waals surface area (Å²) >= 11 is 0. The van der Waals surface area contributed by atoms with Crippen LogP contribution in [0.1, 0.15) is 36.1 Å². The summed E-state index contributed by atoms with van der Waals surface area (Å²) in [7, 11) is 0. The van der Waals surface area contributed by atoms with Gasteiger partial charge in [-0.15, -0.1) is 34.9 Å². The second-order valence-corrected chi connectivity index (χ2v) is 8.13. The Kier molecular flexibility index (Phi) is 4.53. The first kappa shape index (κ1) is 19.1. The van der Waals surface area contributed by atoms with Crippen molar-refractivity contribution in [1.82, 2.24) is 4.98 Å². The number of benzene rings is 3. The molecule has 0 aliphatic heterocycles. The Morgan fingerprint density at radius 3 is 2.39 bits per heavy atom. The van der Waals surface area contributed by atoms with Crippen molar-refractivity contribution in [3.63, 3.8) is 0 Å². The zero-order valence-corrected chi connectivity index (χ0v) is 18.9. The predicted molar refractivity (Wildman–Crippen MR) is 113 cm³/mol. The average Bonchev–Trinajstić information content (AvgIpc) is 2.92. The standard InChI is InChI=1S/C26H22N.Ir/c1-16-9-10-19(15-17(16)2)25-24-22(13-14-27-25)21-12-11-18-7-5-6-8-20(18)23(21)26(24,3)4;/h5-9,11-15H,1-4H3;/q-1;. The maximum absolute atomic E-state index is 4.82. The van der Waals surface area contributed by atoms with Crippen LogP contribution in [0.2, 0.25) is 0 Å². The third-order valence-corrected chi connectivity index (χ3v) is 6.10. The van der Waals surface area contributed by atoms with Crippen LogP contribution in [-0.4, -0.2) is 4.98 Å². The molecule has 1 aliphatic rings. The van der Waals surface area contributed by atoms with E-state index in [0.717, 1.165) is 11.3 Å². The number of aryl methyl sites for hydroxylation is 2. The van der Waals surface area contributed by atoms with Crippen molar-refractivity contribution in [2.45, 2.75) is 33.1 Å². The Labute approximate surface area is 180 Å². The summed E-state index contributed by atoms with van der Waals surface area (Å²) in [5, 5.41) is 2.63. The zero-order valence-electron chi connectivity index (χ0n) is 16.6. The number of fused-ring (bicyclic) bond motifs is 5. The molecule has 28 heavy (non-hydrogen) atoms. The van der Waals surface area contributed by atoms with Crippen LogP contribution in [0, 0.1) is 19.9 Å². The van der Waals surface area contributed by atoms with Gasteiger partial charge in [0.25, 0.3) is 0 Å². The van der Waals surface area contributed by atoms with Gasteiger partial charge in [-0.3, -0.25) is 0 Å². The van der Waals surface area contributed by atoms with Crippen LogP contribution >= 0.6 is 0 Å². The molecule has 1 radical (unpaired) electrons. The molecule has 5 rings (SSSR count). The fourth-order valence-corrected chi connectivity index (χ4v) is 4.63. The quantitative estimate of drug-likeness (QED) is 0.247. The van der Waals surface area contributed by atoms with Gasteiger partial charge in [0.05, 0.1) is 0 Å². The van der Waals surface area contributed by atoms with E-state index in [2.05, 4.69) is 88.4 Å². The minimum absolute atomic E-state index is 0. The fraction of sp³-hybridized carbons (Fsp3) is 0.192. The normalized spacial score (nSPS) is 13.7. The average molecular weight is 541 g/mol. The summed E-state index contributed by atoms with van der Waals surface area (Å²) in [5.74, 6) is 0. The Bertz CT molecular complexity index is 1220. The van der Waals surface area contributed by atoms with Gasteiger partial charge in [-0.05, 0) is 44.8 Å². The van der Waals surface area contributed by atoms with Crippen molar-refractivity contribution in [3.8, 4) is 22.4 Å². The van der Waals surface area contributed by atoms with E-state index < -0.39 is 0 Å². The topological polar surface area (TPSA) is 12.9 Å².